The van der Waals surface area contributed by atoms with E-state index in [-0.39, 0.29) is 6.61 Å². The molecule has 0 atom stereocenters. The number of aliphatic hydroxyl groups excluding tert-OH is 1. The van der Waals surface area contributed by atoms with Gasteiger partial charge in [0.05, 0.1) is 16.8 Å². The van der Waals surface area contributed by atoms with Crippen LogP contribution in [0.15, 0.2) is 21.1 Å². The van der Waals surface area contributed by atoms with Crippen molar-refractivity contribution in [3.63, 3.8) is 0 Å². The van der Waals surface area contributed by atoms with Crippen LogP contribution >= 0.6 is 15.9 Å². The van der Waals surface area contributed by atoms with Crippen LogP contribution in [0.2, 0.25) is 0 Å². The van der Waals surface area contributed by atoms with Gasteiger partial charge in [-0.3, -0.25) is 0 Å². The molecule has 0 unspecified atom stereocenters. The summed E-state index contributed by atoms with van der Waals surface area (Å²) in [6.07, 6.45) is 0. The maximum atomic E-state index is 8.98. The van der Waals surface area contributed by atoms with E-state index in [1.807, 2.05) is 19.1 Å². The number of aryl methyl sites for hydroxylation is 1. The van der Waals surface area contributed by atoms with E-state index in [0.29, 0.717) is 0 Å². The van der Waals surface area contributed by atoms with E-state index >= 15 is 0 Å². The summed E-state index contributed by atoms with van der Waals surface area (Å²) in [6.45, 7) is 1.90. The van der Waals surface area contributed by atoms with Gasteiger partial charge in [0.2, 0.25) is 0 Å². The predicted octanol–water partition coefficient (Wildman–Crippen LogP) is 2.39. The zero-order chi connectivity index (χ0) is 9.42. The number of nitrogens with zero attached hydrogens (tertiary/aromatic N) is 1. The lowest BCUT2D eigenvalue weighted by Crippen LogP contribution is -1.83. The molecule has 0 radical (unpaired) electrons. The Balaban J connectivity index is 2.80. The molecular formula is C9H8BrNO2. The summed E-state index contributed by atoms with van der Waals surface area (Å²) in [5, 5.41) is 13.8. The lowest BCUT2D eigenvalue weighted by molar-refractivity contribution is 0.282. The molecule has 68 valence electrons. The first-order valence-electron chi connectivity index (χ1n) is 3.87. The minimum Gasteiger partial charge on any atom is -0.392 e. The quantitative estimate of drug-likeness (QED) is 0.835. The molecule has 3 nitrogen and oxygen atoms in total. The van der Waals surface area contributed by atoms with Crippen LogP contribution in [0.25, 0.3) is 11.0 Å². The Morgan fingerprint density at radius 3 is 3.00 bits per heavy atom. The van der Waals surface area contributed by atoms with Gasteiger partial charge in [0.15, 0.2) is 5.58 Å². The third-order valence-corrected chi connectivity index (χ3v) is 2.54. The molecule has 1 N–H and O–H groups in total. The van der Waals surface area contributed by atoms with Gasteiger partial charge >= 0.3 is 0 Å². The summed E-state index contributed by atoms with van der Waals surface area (Å²) < 4.78 is 5.93. The maximum absolute atomic E-state index is 8.98. The summed E-state index contributed by atoms with van der Waals surface area (Å²) in [4.78, 5) is 0. The monoisotopic (exact) mass is 241 g/mol. The molecule has 13 heavy (non-hydrogen) atoms. The van der Waals surface area contributed by atoms with E-state index < -0.39 is 0 Å². The van der Waals surface area contributed by atoms with Crippen LogP contribution in [-0.4, -0.2) is 10.3 Å². The van der Waals surface area contributed by atoms with Crippen molar-refractivity contribution in [3.05, 3.63) is 27.9 Å². The van der Waals surface area contributed by atoms with Gasteiger partial charge in [-0.2, -0.15) is 0 Å². The fourth-order valence-electron chi connectivity index (χ4n) is 1.27. The normalized spacial score (nSPS) is 11.0. The molecule has 0 spiro atoms. The highest BCUT2D eigenvalue weighted by Gasteiger charge is 2.08. The van der Waals surface area contributed by atoms with Crippen LogP contribution in [0, 0.1) is 6.92 Å². The van der Waals surface area contributed by atoms with Crippen molar-refractivity contribution >= 4 is 26.9 Å². The van der Waals surface area contributed by atoms with Crippen molar-refractivity contribution < 1.29 is 9.63 Å². The molecule has 0 fully saturated rings. The van der Waals surface area contributed by atoms with Gasteiger partial charge < -0.3 is 9.63 Å². The first kappa shape index (κ1) is 8.72. The maximum Gasteiger partial charge on any atom is 0.181 e. The molecule has 2 rings (SSSR count). The van der Waals surface area contributed by atoms with E-state index in [0.717, 1.165) is 26.7 Å². The van der Waals surface area contributed by atoms with Crippen LogP contribution in [0.3, 0.4) is 0 Å². The number of halogens is 1. The number of hydrogen-bond acceptors (Lipinski definition) is 3. The fourth-order valence-corrected chi connectivity index (χ4v) is 1.85. The van der Waals surface area contributed by atoms with Crippen molar-refractivity contribution in [2.45, 2.75) is 13.5 Å². The summed E-state index contributed by atoms with van der Waals surface area (Å²) in [5.41, 5.74) is 2.42. The second-order valence-electron chi connectivity index (χ2n) is 2.88. The zero-order valence-corrected chi connectivity index (χ0v) is 8.63. The van der Waals surface area contributed by atoms with Gasteiger partial charge in [-0.05, 0) is 40.5 Å². The molecule has 4 heteroatoms. The molecule has 0 aliphatic carbocycles. The number of rotatable bonds is 1. The van der Waals surface area contributed by atoms with Crippen LogP contribution in [0.5, 0.6) is 0 Å². The second-order valence-corrected chi connectivity index (χ2v) is 3.73. The first-order chi connectivity index (χ1) is 6.22. The number of aromatic nitrogens is 1. The number of aliphatic hydroxyl groups is 1. The Labute approximate surface area is 83.5 Å². The minimum absolute atomic E-state index is 0.0269. The summed E-state index contributed by atoms with van der Waals surface area (Å²) in [6, 6.07) is 3.71. The fraction of sp³-hybridized carbons (Fsp3) is 0.222. The molecule has 1 heterocycles. The standard InChI is InChI=1S/C9H8BrNO2/c1-5-7-2-6(4-12)3-8(10)9(7)13-11-5/h2-3,12H,4H2,1H3. The van der Waals surface area contributed by atoms with Gasteiger partial charge in [-0.25, -0.2) is 0 Å². The average Bonchev–Trinajstić information content (AvgIpc) is 2.48. The van der Waals surface area contributed by atoms with E-state index in [4.69, 9.17) is 9.63 Å². The molecule has 1 aromatic carbocycles. The highest BCUT2D eigenvalue weighted by Crippen LogP contribution is 2.27. The van der Waals surface area contributed by atoms with Gasteiger partial charge in [-0.1, -0.05) is 5.16 Å². The van der Waals surface area contributed by atoms with E-state index in [1.165, 1.54) is 0 Å². The summed E-state index contributed by atoms with van der Waals surface area (Å²) in [7, 11) is 0. The Hall–Kier alpha value is -0.870. The SMILES string of the molecule is Cc1noc2c(Br)cc(CO)cc12. The van der Waals surface area contributed by atoms with Crippen molar-refractivity contribution in [1.82, 2.24) is 5.16 Å². The molecule has 0 bridgehead atoms. The predicted molar refractivity (Wildman–Crippen MR) is 52.4 cm³/mol. The van der Waals surface area contributed by atoms with Crippen LogP contribution in [0.1, 0.15) is 11.3 Å². The van der Waals surface area contributed by atoms with Crippen molar-refractivity contribution in [1.29, 1.82) is 0 Å². The zero-order valence-electron chi connectivity index (χ0n) is 7.04. The van der Waals surface area contributed by atoms with Gasteiger partial charge in [-0.15, -0.1) is 0 Å². The summed E-state index contributed by atoms with van der Waals surface area (Å²) >= 11 is 3.36. The Bertz CT molecular complexity index is 450. The van der Waals surface area contributed by atoms with E-state index in [1.54, 1.807) is 0 Å². The molecule has 0 aliphatic rings. The van der Waals surface area contributed by atoms with E-state index in [9.17, 15) is 0 Å². The van der Waals surface area contributed by atoms with Gasteiger partial charge in [0, 0.05) is 5.39 Å². The van der Waals surface area contributed by atoms with Crippen molar-refractivity contribution in [2.24, 2.45) is 0 Å². The molecule has 0 saturated heterocycles. The topological polar surface area (TPSA) is 46.3 Å². The average molecular weight is 242 g/mol. The van der Waals surface area contributed by atoms with Gasteiger partial charge in [0.1, 0.15) is 0 Å². The lowest BCUT2D eigenvalue weighted by atomic mass is 10.1. The molecule has 0 aliphatic heterocycles. The third-order valence-electron chi connectivity index (χ3n) is 1.95. The smallest absolute Gasteiger partial charge is 0.181 e. The van der Waals surface area contributed by atoms with Crippen molar-refractivity contribution in [3.8, 4) is 0 Å². The minimum atomic E-state index is 0.0269. The first-order valence-corrected chi connectivity index (χ1v) is 4.67. The second kappa shape index (κ2) is 3.12. The van der Waals surface area contributed by atoms with Crippen molar-refractivity contribution in [2.75, 3.05) is 0 Å². The number of fused-ring (bicyclic) bond motifs is 1. The largest absolute Gasteiger partial charge is 0.392 e. The number of benzene rings is 1. The Kier molecular flexibility index (Phi) is 2.09. The molecular weight excluding hydrogens is 234 g/mol. The van der Waals surface area contributed by atoms with Gasteiger partial charge in [0.25, 0.3) is 0 Å². The molecule has 0 amide bonds. The summed E-state index contributed by atoms with van der Waals surface area (Å²) in [5.74, 6) is 0. The number of hydrogen-bond donors (Lipinski definition) is 1. The highest BCUT2D eigenvalue weighted by molar-refractivity contribution is 9.10. The molecule has 0 saturated carbocycles. The Morgan fingerprint density at radius 2 is 2.31 bits per heavy atom. The van der Waals surface area contributed by atoms with Crippen LogP contribution < -0.4 is 0 Å². The molecule has 2 aromatic rings. The third kappa shape index (κ3) is 1.36. The highest BCUT2D eigenvalue weighted by atomic mass is 79.9. The molecule has 1 aromatic heterocycles. The lowest BCUT2D eigenvalue weighted by Gasteiger charge is -1.97. The van der Waals surface area contributed by atoms with Crippen LogP contribution in [0.4, 0.5) is 0 Å². The van der Waals surface area contributed by atoms with E-state index in [2.05, 4.69) is 21.1 Å². The van der Waals surface area contributed by atoms with Crippen LogP contribution in [-0.2, 0) is 6.61 Å². The Morgan fingerprint density at radius 1 is 1.54 bits per heavy atom.